The summed E-state index contributed by atoms with van der Waals surface area (Å²) < 4.78 is 6.17. The number of halogens is 1. The van der Waals surface area contributed by atoms with Gasteiger partial charge in [-0.25, -0.2) is 4.99 Å². The van der Waals surface area contributed by atoms with Gasteiger partial charge in [-0.2, -0.15) is 0 Å². The molecule has 0 bridgehead atoms. The van der Waals surface area contributed by atoms with Crippen molar-refractivity contribution in [3.63, 3.8) is 0 Å². The number of hydrogen-bond donors (Lipinski definition) is 1. The van der Waals surface area contributed by atoms with Crippen LogP contribution in [-0.4, -0.2) is 79.7 Å². The summed E-state index contributed by atoms with van der Waals surface area (Å²) in [7, 11) is 4.19. The van der Waals surface area contributed by atoms with Gasteiger partial charge in [0.1, 0.15) is 0 Å². The number of benzene rings is 2. The zero-order valence-corrected chi connectivity index (χ0v) is 22.4. The lowest BCUT2D eigenvalue weighted by atomic mass is 10.1. The van der Waals surface area contributed by atoms with Crippen LogP contribution in [0.5, 0.6) is 0 Å². The third-order valence-electron chi connectivity index (χ3n) is 6.21. The van der Waals surface area contributed by atoms with Crippen LogP contribution >= 0.6 is 24.0 Å². The van der Waals surface area contributed by atoms with Crippen LogP contribution in [0.4, 0.5) is 0 Å². The van der Waals surface area contributed by atoms with Crippen molar-refractivity contribution in [1.29, 1.82) is 0 Å². The lowest BCUT2D eigenvalue weighted by Crippen LogP contribution is -2.50. The van der Waals surface area contributed by atoms with Gasteiger partial charge in [-0.1, -0.05) is 54.6 Å². The van der Waals surface area contributed by atoms with Crippen molar-refractivity contribution in [2.24, 2.45) is 4.99 Å². The molecular formula is C26H38IN5O. The highest BCUT2D eigenvalue weighted by atomic mass is 127. The van der Waals surface area contributed by atoms with Crippen LogP contribution < -0.4 is 5.32 Å². The third kappa shape index (κ3) is 7.15. The second-order valence-electron chi connectivity index (χ2n) is 9.06. The maximum atomic E-state index is 6.17. The van der Waals surface area contributed by atoms with Gasteiger partial charge < -0.3 is 19.9 Å². The van der Waals surface area contributed by atoms with E-state index in [-0.39, 0.29) is 30.1 Å². The predicted octanol–water partition coefficient (Wildman–Crippen LogP) is 3.42. The molecule has 2 aromatic carbocycles. The maximum absolute atomic E-state index is 6.17. The van der Waals surface area contributed by atoms with E-state index in [1.807, 2.05) is 0 Å². The first-order valence-corrected chi connectivity index (χ1v) is 11.8. The fourth-order valence-corrected chi connectivity index (χ4v) is 4.65. The number of guanidine groups is 1. The molecule has 0 amide bonds. The van der Waals surface area contributed by atoms with Gasteiger partial charge in [-0.15, -0.1) is 24.0 Å². The van der Waals surface area contributed by atoms with E-state index in [4.69, 9.17) is 9.73 Å². The quantitative estimate of drug-likeness (QED) is 0.318. The summed E-state index contributed by atoms with van der Waals surface area (Å²) in [6.07, 6.45) is 0.238. The minimum atomic E-state index is 0. The van der Waals surface area contributed by atoms with E-state index in [1.165, 1.54) is 16.7 Å². The maximum Gasteiger partial charge on any atom is 0.194 e. The minimum absolute atomic E-state index is 0. The Kier molecular flexibility index (Phi) is 9.97. The largest absolute Gasteiger partial charge is 0.373 e. The minimum Gasteiger partial charge on any atom is -0.373 e. The second-order valence-corrected chi connectivity index (χ2v) is 9.06. The van der Waals surface area contributed by atoms with Crippen LogP contribution in [-0.2, 0) is 24.4 Å². The Bertz CT molecular complexity index is 874. The van der Waals surface area contributed by atoms with Crippen LogP contribution in [0.2, 0.25) is 0 Å². The summed E-state index contributed by atoms with van der Waals surface area (Å²) in [5, 5.41) is 3.50. The first-order chi connectivity index (χ1) is 15.6. The summed E-state index contributed by atoms with van der Waals surface area (Å²) in [5.41, 5.74) is 3.93. The van der Waals surface area contributed by atoms with Gasteiger partial charge in [-0.05, 0) is 37.7 Å². The van der Waals surface area contributed by atoms with Crippen molar-refractivity contribution in [3.05, 3.63) is 71.3 Å². The molecule has 0 aliphatic carbocycles. The molecule has 2 aliphatic rings. The molecule has 2 aliphatic heterocycles. The summed E-state index contributed by atoms with van der Waals surface area (Å²) in [6, 6.07) is 20.0. The van der Waals surface area contributed by atoms with Gasteiger partial charge >= 0.3 is 0 Å². The molecule has 33 heavy (non-hydrogen) atoms. The highest BCUT2D eigenvalue weighted by Gasteiger charge is 2.41. The Morgan fingerprint density at radius 1 is 1.03 bits per heavy atom. The van der Waals surface area contributed by atoms with Crippen molar-refractivity contribution >= 4 is 29.9 Å². The molecule has 2 unspecified atom stereocenters. The number of nitrogens with zero attached hydrogens (tertiary/aromatic N) is 4. The number of ether oxygens (including phenoxy) is 1. The van der Waals surface area contributed by atoms with Crippen molar-refractivity contribution < 1.29 is 4.74 Å². The molecule has 6 nitrogen and oxygen atoms in total. The topological polar surface area (TPSA) is 43.3 Å². The fourth-order valence-electron chi connectivity index (χ4n) is 4.65. The number of aliphatic imine (C=N–C) groups is 1. The average molecular weight is 564 g/mol. The Morgan fingerprint density at radius 2 is 1.76 bits per heavy atom. The van der Waals surface area contributed by atoms with Crippen LogP contribution in [0, 0.1) is 0 Å². The smallest absolute Gasteiger partial charge is 0.194 e. The Morgan fingerprint density at radius 3 is 2.45 bits per heavy atom. The molecule has 2 heterocycles. The molecule has 4 rings (SSSR count). The standard InChI is InChI=1S/C26H37N5O.HI/c1-4-27-26(28-16-21-10-12-23(13-11-21)17-29(2)3)31-19-24-25(20-31)32-15-14-30(24)18-22-8-6-5-7-9-22;/h5-13,24-25H,4,14-20H2,1-3H3,(H,27,28);1H. The number of nitrogens with one attached hydrogen (secondary N) is 1. The van der Waals surface area contributed by atoms with Crippen LogP contribution in [0.25, 0.3) is 0 Å². The van der Waals surface area contributed by atoms with Crippen LogP contribution in [0.3, 0.4) is 0 Å². The lowest BCUT2D eigenvalue weighted by molar-refractivity contribution is -0.0502. The highest BCUT2D eigenvalue weighted by molar-refractivity contribution is 14.0. The first-order valence-electron chi connectivity index (χ1n) is 11.8. The molecule has 2 atom stereocenters. The fraction of sp³-hybridized carbons (Fsp3) is 0.500. The normalized spacial score (nSPS) is 21.1. The summed E-state index contributed by atoms with van der Waals surface area (Å²) >= 11 is 0. The van der Waals surface area contributed by atoms with Gasteiger partial charge in [0.2, 0.25) is 0 Å². The molecule has 0 aromatic heterocycles. The Balaban J connectivity index is 0.00000306. The van der Waals surface area contributed by atoms with E-state index in [0.717, 1.165) is 51.8 Å². The van der Waals surface area contributed by atoms with Crippen LogP contribution in [0.15, 0.2) is 59.6 Å². The summed E-state index contributed by atoms with van der Waals surface area (Å²) in [6.45, 7) is 9.24. The highest BCUT2D eigenvalue weighted by Crippen LogP contribution is 2.25. The number of morpholine rings is 1. The van der Waals surface area contributed by atoms with Crippen LogP contribution in [0.1, 0.15) is 23.6 Å². The van der Waals surface area contributed by atoms with E-state index in [9.17, 15) is 0 Å². The third-order valence-corrected chi connectivity index (χ3v) is 6.21. The Labute approximate surface area is 216 Å². The first kappa shape index (κ1) is 25.9. The number of rotatable bonds is 7. The monoisotopic (exact) mass is 563 g/mol. The molecular weight excluding hydrogens is 525 g/mol. The van der Waals surface area contributed by atoms with Crippen molar-refractivity contribution in [2.45, 2.75) is 38.7 Å². The van der Waals surface area contributed by atoms with E-state index in [0.29, 0.717) is 12.6 Å². The second kappa shape index (κ2) is 12.7. The summed E-state index contributed by atoms with van der Waals surface area (Å²) in [5.74, 6) is 0.988. The molecule has 180 valence electrons. The molecule has 0 radical (unpaired) electrons. The molecule has 2 saturated heterocycles. The van der Waals surface area contributed by atoms with Crippen molar-refractivity contribution in [3.8, 4) is 0 Å². The van der Waals surface area contributed by atoms with E-state index in [2.05, 4.69) is 95.6 Å². The molecule has 7 heteroatoms. The van der Waals surface area contributed by atoms with E-state index >= 15 is 0 Å². The Hall–Kier alpha value is -1.68. The predicted molar refractivity (Wildman–Crippen MR) is 146 cm³/mol. The molecule has 2 fully saturated rings. The SMILES string of the molecule is CCNC(=NCc1ccc(CN(C)C)cc1)N1CC2OCCN(Cc3ccccc3)C2C1.I. The zero-order chi connectivity index (χ0) is 22.3. The van der Waals surface area contributed by atoms with Gasteiger partial charge in [0, 0.05) is 39.3 Å². The van der Waals surface area contributed by atoms with Crippen molar-refractivity contribution in [2.75, 3.05) is 46.9 Å². The average Bonchev–Trinajstić information content (AvgIpc) is 3.23. The summed E-state index contributed by atoms with van der Waals surface area (Å²) in [4.78, 5) is 12.1. The van der Waals surface area contributed by atoms with Crippen molar-refractivity contribution in [1.82, 2.24) is 20.0 Å². The van der Waals surface area contributed by atoms with Gasteiger partial charge in [0.25, 0.3) is 0 Å². The van der Waals surface area contributed by atoms with Gasteiger partial charge in [-0.3, -0.25) is 4.90 Å². The zero-order valence-electron chi connectivity index (χ0n) is 20.1. The molecule has 0 saturated carbocycles. The number of fused-ring (bicyclic) bond motifs is 1. The van der Waals surface area contributed by atoms with Gasteiger partial charge in [0.15, 0.2) is 5.96 Å². The molecule has 2 aromatic rings. The number of hydrogen-bond acceptors (Lipinski definition) is 4. The molecule has 1 N–H and O–H groups in total. The number of likely N-dealkylation sites (tertiary alicyclic amines) is 1. The van der Waals surface area contributed by atoms with E-state index < -0.39 is 0 Å². The molecule has 0 spiro atoms. The lowest BCUT2D eigenvalue weighted by Gasteiger charge is -2.36. The van der Waals surface area contributed by atoms with Gasteiger partial charge in [0.05, 0.1) is 25.3 Å². The van der Waals surface area contributed by atoms with E-state index in [1.54, 1.807) is 0 Å².